The third kappa shape index (κ3) is 6.83. The molecule has 90 valence electrons. The number of nitrogens with one attached hydrogen (secondary N) is 2. The molecule has 5 nitrogen and oxygen atoms in total. The van der Waals surface area contributed by atoms with E-state index in [0.29, 0.717) is 12.6 Å². The van der Waals surface area contributed by atoms with E-state index in [2.05, 4.69) is 10.0 Å². The van der Waals surface area contributed by atoms with Crippen LogP contribution in [-0.2, 0) is 14.8 Å². The number of ether oxygens (including phenoxy) is 1. The molecule has 0 aromatic carbocycles. The first kappa shape index (κ1) is 12.9. The summed E-state index contributed by atoms with van der Waals surface area (Å²) in [5.74, 6) is 0. The van der Waals surface area contributed by atoms with Gasteiger partial charge in [-0.05, 0) is 25.8 Å². The predicted molar refractivity (Wildman–Crippen MR) is 59.3 cm³/mol. The molecule has 1 aliphatic heterocycles. The van der Waals surface area contributed by atoms with Crippen molar-refractivity contribution in [1.29, 1.82) is 0 Å². The summed E-state index contributed by atoms with van der Waals surface area (Å²) in [7, 11) is -3.03. The van der Waals surface area contributed by atoms with Crippen molar-refractivity contribution in [3.8, 4) is 0 Å². The zero-order chi connectivity index (χ0) is 11.1. The average molecular weight is 236 g/mol. The minimum Gasteiger partial charge on any atom is -0.380 e. The fourth-order valence-electron chi connectivity index (χ4n) is 1.55. The summed E-state index contributed by atoms with van der Waals surface area (Å²) in [5.41, 5.74) is 0. The largest absolute Gasteiger partial charge is 0.380 e. The highest BCUT2D eigenvalue weighted by Gasteiger charge is 2.12. The van der Waals surface area contributed by atoms with Gasteiger partial charge in [-0.3, -0.25) is 0 Å². The lowest BCUT2D eigenvalue weighted by atomic mass is 10.1. The fraction of sp³-hybridized carbons (Fsp3) is 1.00. The smallest absolute Gasteiger partial charge is 0.208 e. The minimum absolute atomic E-state index is 0.442. The van der Waals surface area contributed by atoms with E-state index in [1.165, 1.54) is 6.26 Å². The molecule has 1 unspecified atom stereocenters. The van der Waals surface area contributed by atoms with Crippen LogP contribution in [0.15, 0.2) is 0 Å². The van der Waals surface area contributed by atoms with E-state index >= 15 is 0 Å². The molecule has 1 rings (SSSR count). The van der Waals surface area contributed by atoms with Crippen LogP contribution in [0.4, 0.5) is 0 Å². The van der Waals surface area contributed by atoms with E-state index in [9.17, 15) is 8.42 Å². The van der Waals surface area contributed by atoms with Crippen LogP contribution in [0.1, 0.15) is 19.3 Å². The van der Waals surface area contributed by atoms with Crippen molar-refractivity contribution in [3.05, 3.63) is 0 Å². The molecule has 0 saturated carbocycles. The van der Waals surface area contributed by atoms with Crippen LogP contribution in [0.5, 0.6) is 0 Å². The Morgan fingerprint density at radius 2 is 2.20 bits per heavy atom. The Hall–Kier alpha value is -0.170. The average Bonchev–Trinajstić information content (AvgIpc) is 2.17. The quantitative estimate of drug-likeness (QED) is 0.621. The lowest BCUT2D eigenvalue weighted by molar-refractivity contribution is 0.0705. The van der Waals surface area contributed by atoms with Gasteiger partial charge in [-0.25, -0.2) is 13.1 Å². The van der Waals surface area contributed by atoms with E-state index in [1.54, 1.807) is 0 Å². The number of hydrogen-bond acceptors (Lipinski definition) is 4. The van der Waals surface area contributed by atoms with Crippen LogP contribution in [0.3, 0.4) is 0 Å². The van der Waals surface area contributed by atoms with E-state index in [0.717, 1.165) is 39.0 Å². The van der Waals surface area contributed by atoms with Crippen molar-refractivity contribution in [2.75, 3.05) is 32.6 Å². The molecule has 0 aromatic heterocycles. The van der Waals surface area contributed by atoms with Crippen LogP contribution in [0.2, 0.25) is 0 Å². The second-order valence-corrected chi connectivity index (χ2v) is 5.72. The topological polar surface area (TPSA) is 67.4 Å². The standard InChI is InChI=1S/C9H20N2O3S/c1-15(12,13)11-6-3-5-10-9-4-2-7-14-8-9/h9-11H,2-8H2,1H3. The maximum Gasteiger partial charge on any atom is 0.208 e. The molecular weight excluding hydrogens is 216 g/mol. The second-order valence-electron chi connectivity index (χ2n) is 3.89. The van der Waals surface area contributed by atoms with Gasteiger partial charge in [0, 0.05) is 19.2 Å². The number of sulfonamides is 1. The van der Waals surface area contributed by atoms with Gasteiger partial charge in [0.2, 0.25) is 10.0 Å². The Labute approximate surface area is 91.6 Å². The Morgan fingerprint density at radius 3 is 2.80 bits per heavy atom. The summed E-state index contributed by atoms with van der Waals surface area (Å²) in [6.07, 6.45) is 4.25. The minimum atomic E-state index is -3.03. The number of rotatable bonds is 6. The first-order chi connectivity index (χ1) is 7.08. The summed E-state index contributed by atoms with van der Waals surface area (Å²) < 4.78 is 29.3. The van der Waals surface area contributed by atoms with Crippen molar-refractivity contribution in [2.45, 2.75) is 25.3 Å². The zero-order valence-electron chi connectivity index (χ0n) is 9.16. The summed E-state index contributed by atoms with van der Waals surface area (Å²) in [6, 6.07) is 0.442. The van der Waals surface area contributed by atoms with Crippen LogP contribution >= 0.6 is 0 Å². The van der Waals surface area contributed by atoms with E-state index in [4.69, 9.17) is 4.74 Å². The molecule has 0 bridgehead atoms. The molecule has 1 fully saturated rings. The van der Waals surface area contributed by atoms with Gasteiger partial charge in [0.25, 0.3) is 0 Å². The van der Waals surface area contributed by atoms with Gasteiger partial charge in [0.1, 0.15) is 0 Å². The molecular formula is C9H20N2O3S. The van der Waals surface area contributed by atoms with Crippen LogP contribution in [-0.4, -0.2) is 47.0 Å². The van der Waals surface area contributed by atoms with Crippen LogP contribution < -0.4 is 10.0 Å². The molecule has 0 amide bonds. The van der Waals surface area contributed by atoms with Crippen molar-refractivity contribution in [2.24, 2.45) is 0 Å². The summed E-state index contributed by atoms with van der Waals surface area (Å²) >= 11 is 0. The van der Waals surface area contributed by atoms with Gasteiger partial charge in [-0.1, -0.05) is 0 Å². The molecule has 1 atom stereocenters. The number of hydrogen-bond donors (Lipinski definition) is 2. The van der Waals surface area contributed by atoms with E-state index in [-0.39, 0.29) is 0 Å². The molecule has 0 aromatic rings. The molecule has 1 heterocycles. The third-order valence-corrected chi connectivity index (χ3v) is 3.04. The van der Waals surface area contributed by atoms with Gasteiger partial charge in [-0.2, -0.15) is 0 Å². The van der Waals surface area contributed by atoms with Gasteiger partial charge in [0.05, 0.1) is 12.9 Å². The van der Waals surface area contributed by atoms with Gasteiger partial charge >= 0.3 is 0 Å². The highest BCUT2D eigenvalue weighted by Crippen LogP contribution is 2.05. The van der Waals surface area contributed by atoms with Crippen molar-refractivity contribution < 1.29 is 13.2 Å². The molecule has 0 radical (unpaired) electrons. The molecule has 1 saturated heterocycles. The van der Waals surface area contributed by atoms with Gasteiger partial charge in [-0.15, -0.1) is 0 Å². The molecule has 15 heavy (non-hydrogen) atoms. The Balaban J connectivity index is 1.96. The summed E-state index contributed by atoms with van der Waals surface area (Å²) in [6.45, 7) is 2.98. The zero-order valence-corrected chi connectivity index (χ0v) is 9.98. The maximum absolute atomic E-state index is 10.7. The van der Waals surface area contributed by atoms with Crippen molar-refractivity contribution in [1.82, 2.24) is 10.0 Å². The molecule has 2 N–H and O–H groups in total. The van der Waals surface area contributed by atoms with Crippen molar-refractivity contribution >= 4 is 10.0 Å². The molecule has 6 heteroatoms. The Morgan fingerprint density at radius 1 is 1.40 bits per heavy atom. The van der Waals surface area contributed by atoms with E-state index < -0.39 is 10.0 Å². The first-order valence-electron chi connectivity index (χ1n) is 5.34. The third-order valence-electron chi connectivity index (χ3n) is 2.31. The van der Waals surface area contributed by atoms with Crippen LogP contribution in [0, 0.1) is 0 Å². The van der Waals surface area contributed by atoms with E-state index in [1.807, 2.05) is 0 Å². The fourth-order valence-corrected chi connectivity index (χ4v) is 2.07. The maximum atomic E-state index is 10.7. The monoisotopic (exact) mass is 236 g/mol. The summed E-state index contributed by atoms with van der Waals surface area (Å²) in [4.78, 5) is 0. The molecule has 0 aliphatic carbocycles. The van der Waals surface area contributed by atoms with Crippen molar-refractivity contribution in [3.63, 3.8) is 0 Å². The van der Waals surface area contributed by atoms with Gasteiger partial charge in [0.15, 0.2) is 0 Å². The SMILES string of the molecule is CS(=O)(=O)NCCCNC1CCCOC1. The highest BCUT2D eigenvalue weighted by atomic mass is 32.2. The van der Waals surface area contributed by atoms with Crippen LogP contribution in [0.25, 0.3) is 0 Å². The lowest BCUT2D eigenvalue weighted by Gasteiger charge is -2.23. The van der Waals surface area contributed by atoms with Gasteiger partial charge < -0.3 is 10.1 Å². The lowest BCUT2D eigenvalue weighted by Crippen LogP contribution is -2.38. The molecule has 0 spiro atoms. The second kappa shape index (κ2) is 6.42. The normalized spacial score (nSPS) is 22.9. The first-order valence-corrected chi connectivity index (χ1v) is 7.23. The molecule has 1 aliphatic rings. The Kier molecular flexibility index (Phi) is 5.52. The predicted octanol–water partition coefficient (Wildman–Crippen LogP) is -0.306. The highest BCUT2D eigenvalue weighted by molar-refractivity contribution is 7.88. The summed E-state index contributed by atoms with van der Waals surface area (Å²) in [5, 5.41) is 3.35. The Bertz CT molecular complexity index is 261.